The van der Waals surface area contributed by atoms with Crippen molar-refractivity contribution in [3.63, 3.8) is 0 Å². The molecule has 94 valence electrons. The van der Waals surface area contributed by atoms with Crippen molar-refractivity contribution in [2.45, 2.75) is 6.92 Å². The first kappa shape index (κ1) is 11.4. The van der Waals surface area contributed by atoms with Crippen LogP contribution in [0.3, 0.4) is 0 Å². The molecule has 19 heavy (non-hydrogen) atoms. The quantitative estimate of drug-likeness (QED) is 0.520. The Morgan fingerprint density at radius 2 is 2.00 bits per heavy atom. The van der Waals surface area contributed by atoms with Crippen LogP contribution in [0.2, 0.25) is 0 Å². The Morgan fingerprint density at radius 3 is 2.79 bits per heavy atom. The standard InChI is InChI=1S/C14H11N3O2/c1-10-9-11-5-2-3-6-12(11)16(10)14-13(17(18)19)7-4-8-15-14/h2-9H,1H3. The molecular weight excluding hydrogens is 242 g/mol. The predicted octanol–water partition coefficient (Wildman–Crippen LogP) is 3.24. The minimum atomic E-state index is -0.406. The molecule has 0 saturated carbocycles. The lowest BCUT2D eigenvalue weighted by molar-refractivity contribution is -0.384. The van der Waals surface area contributed by atoms with Gasteiger partial charge in [-0.05, 0) is 25.1 Å². The summed E-state index contributed by atoms with van der Waals surface area (Å²) in [6, 6.07) is 12.8. The highest BCUT2D eigenvalue weighted by Gasteiger charge is 2.18. The summed E-state index contributed by atoms with van der Waals surface area (Å²) in [5, 5.41) is 12.2. The molecule has 0 N–H and O–H groups in total. The lowest BCUT2D eigenvalue weighted by Gasteiger charge is -2.07. The molecule has 3 aromatic rings. The van der Waals surface area contributed by atoms with E-state index in [0.29, 0.717) is 5.82 Å². The van der Waals surface area contributed by atoms with Crippen LogP contribution in [0, 0.1) is 17.0 Å². The number of hydrogen-bond acceptors (Lipinski definition) is 3. The summed E-state index contributed by atoms with van der Waals surface area (Å²) in [5.74, 6) is 0.353. The lowest BCUT2D eigenvalue weighted by atomic mass is 10.2. The molecule has 2 heterocycles. The van der Waals surface area contributed by atoms with Gasteiger partial charge >= 0.3 is 5.69 Å². The van der Waals surface area contributed by atoms with Crippen LogP contribution in [-0.2, 0) is 0 Å². The van der Waals surface area contributed by atoms with Crippen LogP contribution in [0.25, 0.3) is 16.7 Å². The molecule has 0 unspecified atom stereocenters. The maximum Gasteiger partial charge on any atom is 0.312 e. The molecule has 3 rings (SSSR count). The van der Waals surface area contributed by atoms with Crippen molar-refractivity contribution in [3.8, 4) is 5.82 Å². The minimum absolute atomic E-state index is 0.00644. The molecule has 0 amide bonds. The molecule has 0 aliphatic carbocycles. The first-order valence-corrected chi connectivity index (χ1v) is 5.85. The zero-order chi connectivity index (χ0) is 13.4. The number of fused-ring (bicyclic) bond motifs is 1. The fourth-order valence-electron chi connectivity index (χ4n) is 2.28. The van der Waals surface area contributed by atoms with Gasteiger partial charge in [0.15, 0.2) is 0 Å². The summed E-state index contributed by atoms with van der Waals surface area (Å²) in [5.41, 5.74) is 1.84. The molecule has 0 radical (unpaired) electrons. The molecule has 5 nitrogen and oxygen atoms in total. The average molecular weight is 253 g/mol. The van der Waals surface area contributed by atoms with Gasteiger partial charge in [-0.1, -0.05) is 18.2 Å². The van der Waals surface area contributed by atoms with Crippen molar-refractivity contribution >= 4 is 16.6 Å². The first-order chi connectivity index (χ1) is 9.18. The zero-order valence-corrected chi connectivity index (χ0v) is 10.3. The van der Waals surface area contributed by atoms with Crippen LogP contribution in [0.4, 0.5) is 5.69 Å². The Labute approximate surface area is 109 Å². The molecule has 2 aromatic heterocycles. The summed E-state index contributed by atoms with van der Waals surface area (Å²) in [6.07, 6.45) is 1.57. The van der Waals surface area contributed by atoms with Gasteiger partial charge in [-0.2, -0.15) is 0 Å². The maximum absolute atomic E-state index is 11.1. The fourth-order valence-corrected chi connectivity index (χ4v) is 2.28. The molecule has 0 fully saturated rings. The Hall–Kier alpha value is -2.69. The molecule has 0 aliphatic heterocycles. The van der Waals surface area contributed by atoms with Crippen LogP contribution in [0.5, 0.6) is 0 Å². The second-order valence-corrected chi connectivity index (χ2v) is 4.28. The molecule has 0 saturated heterocycles. The smallest absolute Gasteiger partial charge is 0.293 e. The van der Waals surface area contributed by atoms with Crippen molar-refractivity contribution in [3.05, 3.63) is 64.5 Å². The predicted molar refractivity (Wildman–Crippen MR) is 72.5 cm³/mol. The number of aromatic nitrogens is 2. The van der Waals surface area contributed by atoms with E-state index < -0.39 is 4.92 Å². The Morgan fingerprint density at radius 1 is 1.21 bits per heavy atom. The Balaban J connectivity index is 2.37. The largest absolute Gasteiger partial charge is 0.312 e. The number of nitrogens with zero attached hydrogens (tertiary/aromatic N) is 3. The summed E-state index contributed by atoms with van der Waals surface area (Å²) in [6.45, 7) is 1.92. The van der Waals surface area contributed by atoms with Gasteiger partial charge in [-0.3, -0.25) is 14.7 Å². The van der Waals surface area contributed by atoms with Crippen molar-refractivity contribution in [2.24, 2.45) is 0 Å². The third kappa shape index (κ3) is 1.76. The summed E-state index contributed by atoms with van der Waals surface area (Å²) in [7, 11) is 0. The normalized spacial score (nSPS) is 10.8. The topological polar surface area (TPSA) is 61.0 Å². The van der Waals surface area contributed by atoms with Gasteiger partial charge in [0.1, 0.15) is 0 Å². The number of pyridine rings is 1. The third-order valence-corrected chi connectivity index (χ3v) is 3.07. The Kier molecular flexibility index (Phi) is 2.52. The molecule has 1 aromatic carbocycles. The van der Waals surface area contributed by atoms with E-state index in [1.54, 1.807) is 12.3 Å². The molecule has 0 bridgehead atoms. The van der Waals surface area contributed by atoms with E-state index in [4.69, 9.17) is 0 Å². The second-order valence-electron chi connectivity index (χ2n) is 4.28. The van der Waals surface area contributed by atoms with E-state index in [9.17, 15) is 10.1 Å². The molecular formula is C14H11N3O2. The lowest BCUT2D eigenvalue weighted by Crippen LogP contribution is -2.03. The van der Waals surface area contributed by atoms with Gasteiger partial charge in [-0.25, -0.2) is 4.98 Å². The monoisotopic (exact) mass is 253 g/mol. The van der Waals surface area contributed by atoms with Crippen molar-refractivity contribution < 1.29 is 4.92 Å². The molecule has 0 atom stereocenters. The number of para-hydroxylation sites is 1. The van der Waals surface area contributed by atoms with E-state index in [1.165, 1.54) is 6.07 Å². The Bertz CT molecular complexity index is 777. The summed E-state index contributed by atoms with van der Waals surface area (Å²) in [4.78, 5) is 14.9. The fraction of sp³-hybridized carbons (Fsp3) is 0.0714. The zero-order valence-electron chi connectivity index (χ0n) is 10.3. The molecule has 5 heteroatoms. The van der Waals surface area contributed by atoms with Crippen molar-refractivity contribution in [1.29, 1.82) is 0 Å². The van der Waals surface area contributed by atoms with Gasteiger partial charge in [0.2, 0.25) is 5.82 Å². The maximum atomic E-state index is 11.1. The van der Waals surface area contributed by atoms with Crippen LogP contribution in [0.15, 0.2) is 48.7 Å². The van der Waals surface area contributed by atoms with Crippen LogP contribution >= 0.6 is 0 Å². The number of rotatable bonds is 2. The number of nitro groups is 1. The number of hydrogen-bond donors (Lipinski definition) is 0. The van der Waals surface area contributed by atoms with Crippen LogP contribution < -0.4 is 0 Å². The minimum Gasteiger partial charge on any atom is -0.293 e. The van der Waals surface area contributed by atoms with Gasteiger partial charge in [0.05, 0.1) is 10.4 Å². The van der Waals surface area contributed by atoms with E-state index in [1.807, 2.05) is 41.8 Å². The van der Waals surface area contributed by atoms with Gasteiger partial charge in [0.25, 0.3) is 0 Å². The van der Waals surface area contributed by atoms with Crippen LogP contribution in [0.1, 0.15) is 5.69 Å². The highest BCUT2D eigenvalue weighted by atomic mass is 16.6. The van der Waals surface area contributed by atoms with Crippen molar-refractivity contribution in [1.82, 2.24) is 9.55 Å². The van der Waals surface area contributed by atoms with E-state index in [-0.39, 0.29) is 5.69 Å². The van der Waals surface area contributed by atoms with Gasteiger partial charge in [0, 0.05) is 23.3 Å². The molecule has 0 spiro atoms. The van der Waals surface area contributed by atoms with Crippen molar-refractivity contribution in [2.75, 3.05) is 0 Å². The van der Waals surface area contributed by atoms with E-state index >= 15 is 0 Å². The number of benzene rings is 1. The SMILES string of the molecule is Cc1cc2ccccc2n1-c1ncccc1[N+](=O)[O-]. The molecule has 0 aliphatic rings. The second kappa shape index (κ2) is 4.20. The van der Waals surface area contributed by atoms with Crippen LogP contribution in [-0.4, -0.2) is 14.5 Å². The highest BCUT2D eigenvalue weighted by molar-refractivity contribution is 5.83. The van der Waals surface area contributed by atoms with Gasteiger partial charge < -0.3 is 0 Å². The van der Waals surface area contributed by atoms with E-state index in [0.717, 1.165) is 16.6 Å². The van der Waals surface area contributed by atoms with Gasteiger partial charge in [-0.15, -0.1) is 0 Å². The average Bonchev–Trinajstić information content (AvgIpc) is 2.74. The number of aryl methyl sites for hydroxylation is 1. The van der Waals surface area contributed by atoms with E-state index in [2.05, 4.69) is 4.98 Å². The summed E-state index contributed by atoms with van der Waals surface area (Å²) < 4.78 is 1.81. The first-order valence-electron chi connectivity index (χ1n) is 5.85. The third-order valence-electron chi connectivity index (χ3n) is 3.07. The summed E-state index contributed by atoms with van der Waals surface area (Å²) >= 11 is 0. The highest BCUT2D eigenvalue weighted by Crippen LogP contribution is 2.27.